The van der Waals surface area contributed by atoms with E-state index in [0.717, 1.165) is 18.5 Å². The van der Waals surface area contributed by atoms with Crippen molar-refractivity contribution in [2.45, 2.75) is 57.4 Å². The Morgan fingerprint density at radius 3 is 2.68 bits per heavy atom. The molecule has 25 heavy (non-hydrogen) atoms. The molecule has 7 heteroatoms. The summed E-state index contributed by atoms with van der Waals surface area (Å²) in [5.41, 5.74) is 0.850. The molecule has 1 aliphatic carbocycles. The lowest BCUT2D eigenvalue weighted by molar-refractivity contribution is -0.121. The third kappa shape index (κ3) is 5.64. The number of aryl methyl sites for hydroxylation is 1. The third-order valence-corrected chi connectivity index (χ3v) is 6.02. The van der Waals surface area contributed by atoms with Crippen molar-refractivity contribution in [3.05, 3.63) is 33.5 Å². The normalized spacial score (nSPS) is 15.5. The topological polar surface area (TPSA) is 71.1 Å². The Morgan fingerprint density at radius 1 is 1.16 bits per heavy atom. The lowest BCUT2D eigenvalue weighted by Gasteiger charge is -2.15. The van der Waals surface area contributed by atoms with Gasteiger partial charge >= 0.3 is 0 Å². The van der Waals surface area contributed by atoms with Crippen LogP contribution in [0.15, 0.2) is 22.9 Å². The second-order valence-electron chi connectivity index (χ2n) is 6.33. The molecule has 134 valence electrons. The van der Waals surface area contributed by atoms with Crippen molar-refractivity contribution in [1.29, 1.82) is 0 Å². The van der Waals surface area contributed by atoms with Gasteiger partial charge in [0.2, 0.25) is 5.91 Å². The molecule has 0 aliphatic heterocycles. The van der Waals surface area contributed by atoms with Crippen LogP contribution < -0.4 is 10.6 Å². The standard InChI is InChI=1S/C18H23N3O2S2/c22-16(19-13-6-3-1-2-4-7-13)10-9-14-12-25-18(20-14)21-17(23)15-8-5-11-24-15/h5,8,11-13H,1-4,6-7,9-10H2,(H,19,22)(H,20,21,23). The Morgan fingerprint density at radius 2 is 1.96 bits per heavy atom. The van der Waals surface area contributed by atoms with Gasteiger partial charge < -0.3 is 5.32 Å². The van der Waals surface area contributed by atoms with Gasteiger partial charge in [-0.3, -0.25) is 14.9 Å². The zero-order valence-electron chi connectivity index (χ0n) is 14.1. The first-order chi connectivity index (χ1) is 12.2. The van der Waals surface area contributed by atoms with E-state index in [4.69, 9.17) is 0 Å². The van der Waals surface area contributed by atoms with E-state index in [-0.39, 0.29) is 11.8 Å². The minimum atomic E-state index is -0.137. The van der Waals surface area contributed by atoms with Crippen molar-refractivity contribution in [1.82, 2.24) is 10.3 Å². The first-order valence-electron chi connectivity index (χ1n) is 8.79. The van der Waals surface area contributed by atoms with Gasteiger partial charge in [-0.1, -0.05) is 31.7 Å². The Hall–Kier alpha value is -1.73. The van der Waals surface area contributed by atoms with Crippen molar-refractivity contribution in [3.63, 3.8) is 0 Å². The van der Waals surface area contributed by atoms with Crippen LogP contribution in [-0.2, 0) is 11.2 Å². The maximum atomic E-state index is 12.1. The molecule has 3 rings (SSSR count). The molecular weight excluding hydrogens is 354 g/mol. The smallest absolute Gasteiger partial charge is 0.267 e. The first kappa shape index (κ1) is 18.1. The highest BCUT2D eigenvalue weighted by Gasteiger charge is 2.15. The number of aromatic nitrogens is 1. The van der Waals surface area contributed by atoms with E-state index >= 15 is 0 Å². The van der Waals surface area contributed by atoms with E-state index in [1.165, 1.54) is 48.4 Å². The first-order valence-corrected chi connectivity index (χ1v) is 10.6. The summed E-state index contributed by atoms with van der Waals surface area (Å²) in [6, 6.07) is 3.97. The average Bonchev–Trinajstić information content (AvgIpc) is 3.22. The summed E-state index contributed by atoms with van der Waals surface area (Å²) in [4.78, 5) is 29.2. The molecule has 0 unspecified atom stereocenters. The number of nitrogens with one attached hydrogen (secondary N) is 2. The molecule has 2 heterocycles. The summed E-state index contributed by atoms with van der Waals surface area (Å²) in [5, 5.41) is 10.3. The number of hydrogen-bond donors (Lipinski definition) is 2. The molecule has 0 saturated heterocycles. The van der Waals surface area contributed by atoms with Gasteiger partial charge in [-0.25, -0.2) is 4.98 Å². The Balaban J connectivity index is 1.43. The number of amides is 2. The molecule has 5 nitrogen and oxygen atoms in total. The van der Waals surface area contributed by atoms with Gasteiger partial charge in [0, 0.05) is 17.8 Å². The summed E-state index contributed by atoms with van der Waals surface area (Å²) >= 11 is 2.80. The third-order valence-electron chi connectivity index (χ3n) is 4.35. The van der Waals surface area contributed by atoms with Crippen LogP contribution in [0, 0.1) is 0 Å². The molecule has 0 radical (unpaired) electrons. The molecular formula is C18H23N3O2S2. The molecule has 0 atom stereocenters. The number of thiophene rings is 1. The van der Waals surface area contributed by atoms with E-state index < -0.39 is 0 Å². The van der Waals surface area contributed by atoms with Crippen molar-refractivity contribution < 1.29 is 9.59 Å². The van der Waals surface area contributed by atoms with Crippen LogP contribution in [0.4, 0.5) is 5.13 Å². The van der Waals surface area contributed by atoms with E-state index in [2.05, 4.69) is 15.6 Å². The van der Waals surface area contributed by atoms with Crippen LogP contribution in [0.2, 0.25) is 0 Å². The zero-order valence-corrected chi connectivity index (χ0v) is 15.8. The molecule has 0 aromatic carbocycles. The fourth-order valence-electron chi connectivity index (χ4n) is 3.01. The van der Waals surface area contributed by atoms with Crippen LogP contribution >= 0.6 is 22.7 Å². The van der Waals surface area contributed by atoms with Gasteiger partial charge in [-0.2, -0.15) is 0 Å². The molecule has 0 spiro atoms. The van der Waals surface area contributed by atoms with Gasteiger partial charge in [-0.05, 0) is 30.7 Å². The quantitative estimate of drug-likeness (QED) is 0.740. The van der Waals surface area contributed by atoms with Crippen molar-refractivity contribution >= 4 is 39.6 Å². The molecule has 1 fully saturated rings. The monoisotopic (exact) mass is 377 g/mol. The number of hydrogen-bond acceptors (Lipinski definition) is 5. The van der Waals surface area contributed by atoms with Crippen LogP contribution in [0.3, 0.4) is 0 Å². The zero-order chi connectivity index (χ0) is 17.5. The van der Waals surface area contributed by atoms with Crippen molar-refractivity contribution in [2.24, 2.45) is 0 Å². The second kappa shape index (κ2) is 9.10. The number of nitrogens with zero attached hydrogens (tertiary/aromatic N) is 1. The van der Waals surface area contributed by atoms with Crippen LogP contribution in [0.5, 0.6) is 0 Å². The lowest BCUT2D eigenvalue weighted by Crippen LogP contribution is -2.34. The maximum absolute atomic E-state index is 12.1. The molecule has 0 bridgehead atoms. The minimum Gasteiger partial charge on any atom is -0.353 e. The van der Waals surface area contributed by atoms with Crippen molar-refractivity contribution in [2.75, 3.05) is 5.32 Å². The average molecular weight is 378 g/mol. The van der Waals surface area contributed by atoms with Gasteiger partial charge in [0.25, 0.3) is 5.91 Å². The summed E-state index contributed by atoms with van der Waals surface area (Å²) in [5.74, 6) is -0.0360. The number of anilines is 1. The fraction of sp³-hybridized carbons (Fsp3) is 0.500. The molecule has 1 saturated carbocycles. The second-order valence-corrected chi connectivity index (χ2v) is 8.14. The highest BCUT2D eigenvalue weighted by molar-refractivity contribution is 7.14. The molecule has 2 amide bonds. The SMILES string of the molecule is O=C(CCc1csc(NC(=O)c2cccs2)n1)NC1CCCCCC1. The fourth-order valence-corrected chi connectivity index (χ4v) is 4.37. The molecule has 2 aromatic heterocycles. The summed E-state index contributed by atoms with van der Waals surface area (Å²) in [6.07, 6.45) is 8.23. The van der Waals surface area contributed by atoms with Gasteiger partial charge in [0.15, 0.2) is 5.13 Å². The molecule has 1 aliphatic rings. The number of rotatable bonds is 6. The Labute approximate surface area is 155 Å². The highest BCUT2D eigenvalue weighted by Crippen LogP contribution is 2.20. The van der Waals surface area contributed by atoms with Crippen LogP contribution in [0.1, 0.15) is 60.3 Å². The predicted octanol–water partition coefficient (Wildman–Crippen LogP) is 4.23. The minimum absolute atomic E-state index is 0.101. The number of carbonyl (C=O) groups excluding carboxylic acids is 2. The largest absolute Gasteiger partial charge is 0.353 e. The van der Waals surface area contributed by atoms with Gasteiger partial charge in [0.1, 0.15) is 0 Å². The van der Waals surface area contributed by atoms with E-state index in [0.29, 0.717) is 28.9 Å². The Kier molecular flexibility index (Phi) is 6.58. The highest BCUT2D eigenvalue weighted by atomic mass is 32.1. The van der Waals surface area contributed by atoms with E-state index in [1.54, 1.807) is 6.07 Å². The van der Waals surface area contributed by atoms with Crippen LogP contribution in [0.25, 0.3) is 0 Å². The maximum Gasteiger partial charge on any atom is 0.267 e. The van der Waals surface area contributed by atoms with Crippen molar-refractivity contribution in [3.8, 4) is 0 Å². The van der Waals surface area contributed by atoms with Crippen LogP contribution in [-0.4, -0.2) is 22.8 Å². The summed E-state index contributed by atoms with van der Waals surface area (Å²) in [7, 11) is 0. The number of carbonyl (C=O) groups is 2. The predicted molar refractivity (Wildman–Crippen MR) is 102 cm³/mol. The number of thiazole rings is 1. The van der Waals surface area contributed by atoms with Gasteiger partial charge in [-0.15, -0.1) is 22.7 Å². The molecule has 2 aromatic rings. The summed E-state index contributed by atoms with van der Waals surface area (Å²) < 4.78 is 0. The summed E-state index contributed by atoms with van der Waals surface area (Å²) in [6.45, 7) is 0. The Bertz CT molecular complexity index is 689. The van der Waals surface area contributed by atoms with E-state index in [1.807, 2.05) is 16.8 Å². The van der Waals surface area contributed by atoms with E-state index in [9.17, 15) is 9.59 Å². The van der Waals surface area contributed by atoms with Gasteiger partial charge in [0.05, 0.1) is 10.6 Å². The lowest BCUT2D eigenvalue weighted by atomic mass is 10.1. The molecule has 2 N–H and O–H groups in total.